The maximum absolute atomic E-state index is 11.9. The van der Waals surface area contributed by atoms with Crippen LogP contribution in [0.1, 0.15) is 36.7 Å². The Bertz CT molecular complexity index is 401. The molecular formula is C13H22N4O. The highest BCUT2D eigenvalue weighted by Gasteiger charge is 2.23. The summed E-state index contributed by atoms with van der Waals surface area (Å²) < 4.78 is 1.84. The number of hydrogen-bond donors (Lipinski definition) is 2. The van der Waals surface area contributed by atoms with Crippen LogP contribution in [0.15, 0.2) is 12.5 Å². The summed E-state index contributed by atoms with van der Waals surface area (Å²) in [6.45, 7) is 4.28. The monoisotopic (exact) mass is 250 g/mol. The molecule has 1 aliphatic rings. The maximum atomic E-state index is 11.9. The number of imidazole rings is 1. The van der Waals surface area contributed by atoms with Gasteiger partial charge >= 0.3 is 0 Å². The molecule has 0 spiro atoms. The van der Waals surface area contributed by atoms with Crippen LogP contribution in [0.2, 0.25) is 0 Å². The van der Waals surface area contributed by atoms with Gasteiger partial charge in [0.05, 0.1) is 6.33 Å². The average Bonchev–Trinajstić information content (AvgIpc) is 2.96. The Hall–Kier alpha value is -1.36. The van der Waals surface area contributed by atoms with Gasteiger partial charge < -0.3 is 15.6 Å². The van der Waals surface area contributed by atoms with Crippen molar-refractivity contribution in [3.8, 4) is 0 Å². The van der Waals surface area contributed by atoms with Crippen LogP contribution in [0.3, 0.4) is 0 Å². The summed E-state index contributed by atoms with van der Waals surface area (Å²) in [5.74, 6) is 1.27. The van der Waals surface area contributed by atoms with Crippen LogP contribution >= 0.6 is 0 Å². The van der Waals surface area contributed by atoms with Crippen molar-refractivity contribution in [2.75, 3.05) is 13.1 Å². The lowest BCUT2D eigenvalue weighted by Crippen LogP contribution is -2.30. The van der Waals surface area contributed by atoms with E-state index >= 15 is 0 Å². The fourth-order valence-corrected chi connectivity index (χ4v) is 2.59. The molecule has 1 heterocycles. The average molecular weight is 250 g/mol. The lowest BCUT2D eigenvalue weighted by molar-refractivity contribution is 0.0940. The van der Waals surface area contributed by atoms with E-state index in [4.69, 9.17) is 5.73 Å². The van der Waals surface area contributed by atoms with Gasteiger partial charge in [0.1, 0.15) is 5.69 Å². The summed E-state index contributed by atoms with van der Waals surface area (Å²) in [6, 6.07) is 0. The van der Waals surface area contributed by atoms with Crippen molar-refractivity contribution in [3.63, 3.8) is 0 Å². The number of nitrogens with two attached hydrogens (primary N) is 1. The van der Waals surface area contributed by atoms with E-state index in [-0.39, 0.29) is 5.91 Å². The van der Waals surface area contributed by atoms with Crippen LogP contribution in [0.25, 0.3) is 0 Å². The molecule has 1 aliphatic carbocycles. The number of hydrogen-bond acceptors (Lipinski definition) is 3. The highest BCUT2D eigenvalue weighted by atomic mass is 16.1. The van der Waals surface area contributed by atoms with Gasteiger partial charge in [0.25, 0.3) is 5.91 Å². The Morgan fingerprint density at radius 2 is 2.44 bits per heavy atom. The van der Waals surface area contributed by atoms with E-state index in [0.717, 1.165) is 12.5 Å². The Labute approximate surface area is 108 Å². The Morgan fingerprint density at radius 1 is 1.61 bits per heavy atom. The molecule has 0 radical (unpaired) electrons. The van der Waals surface area contributed by atoms with Gasteiger partial charge in [-0.15, -0.1) is 0 Å². The van der Waals surface area contributed by atoms with Crippen molar-refractivity contribution in [2.24, 2.45) is 17.6 Å². The fourth-order valence-electron chi connectivity index (χ4n) is 2.59. The third-order valence-electron chi connectivity index (χ3n) is 3.82. The van der Waals surface area contributed by atoms with Crippen molar-refractivity contribution in [2.45, 2.75) is 32.7 Å². The summed E-state index contributed by atoms with van der Waals surface area (Å²) in [5.41, 5.74) is 5.93. The predicted octanol–water partition coefficient (Wildman–Crippen LogP) is 1.01. The third kappa shape index (κ3) is 3.10. The van der Waals surface area contributed by atoms with E-state index in [1.54, 1.807) is 12.5 Å². The molecule has 0 bridgehead atoms. The summed E-state index contributed by atoms with van der Waals surface area (Å²) in [4.78, 5) is 16.0. The summed E-state index contributed by atoms with van der Waals surface area (Å²) in [6.07, 6.45) is 7.20. The van der Waals surface area contributed by atoms with Crippen LogP contribution in [0.4, 0.5) is 0 Å². The van der Waals surface area contributed by atoms with E-state index in [0.29, 0.717) is 24.7 Å². The third-order valence-corrected chi connectivity index (χ3v) is 3.82. The number of rotatable bonds is 5. The van der Waals surface area contributed by atoms with Crippen molar-refractivity contribution in [1.29, 1.82) is 0 Å². The molecule has 0 aromatic carbocycles. The zero-order chi connectivity index (χ0) is 13.0. The van der Waals surface area contributed by atoms with Gasteiger partial charge in [0, 0.05) is 25.8 Å². The second kappa shape index (κ2) is 6.00. The van der Waals surface area contributed by atoms with E-state index in [1.165, 1.54) is 19.3 Å². The minimum atomic E-state index is -0.0788. The van der Waals surface area contributed by atoms with Crippen LogP contribution < -0.4 is 11.1 Å². The Kier molecular flexibility index (Phi) is 4.36. The van der Waals surface area contributed by atoms with Crippen LogP contribution in [-0.4, -0.2) is 28.5 Å². The molecule has 1 fully saturated rings. The highest BCUT2D eigenvalue weighted by Crippen LogP contribution is 2.30. The van der Waals surface area contributed by atoms with Crippen molar-refractivity contribution in [3.05, 3.63) is 18.2 Å². The molecular weight excluding hydrogens is 228 g/mol. The molecule has 1 saturated carbocycles. The molecule has 2 unspecified atom stereocenters. The Balaban J connectivity index is 1.83. The first kappa shape index (κ1) is 13.1. The van der Waals surface area contributed by atoms with E-state index < -0.39 is 0 Å². The van der Waals surface area contributed by atoms with E-state index in [9.17, 15) is 4.79 Å². The molecule has 2 rings (SSSR count). The maximum Gasteiger partial charge on any atom is 0.271 e. The second-order valence-corrected chi connectivity index (χ2v) is 5.16. The molecule has 0 aliphatic heterocycles. The first-order chi connectivity index (χ1) is 8.70. The first-order valence-corrected chi connectivity index (χ1v) is 6.70. The van der Waals surface area contributed by atoms with Crippen LogP contribution in [-0.2, 0) is 6.54 Å². The van der Waals surface area contributed by atoms with Crippen molar-refractivity contribution >= 4 is 5.91 Å². The minimum absolute atomic E-state index is 0.0788. The number of nitrogens with zero attached hydrogens (tertiary/aromatic N) is 2. The standard InChI is InChI=1S/C13H22N4O/c1-10-3-2-4-11(10)7-15-13(18)12-8-17(6-5-14)9-16-12/h8-11H,2-7,14H2,1H3,(H,15,18). The van der Waals surface area contributed by atoms with E-state index in [1.807, 2.05) is 4.57 Å². The second-order valence-electron chi connectivity index (χ2n) is 5.16. The number of nitrogens with one attached hydrogen (secondary N) is 1. The number of carbonyl (C=O) groups is 1. The summed E-state index contributed by atoms with van der Waals surface area (Å²) >= 11 is 0. The minimum Gasteiger partial charge on any atom is -0.350 e. The highest BCUT2D eigenvalue weighted by molar-refractivity contribution is 5.91. The summed E-state index contributed by atoms with van der Waals surface area (Å²) in [7, 11) is 0. The van der Waals surface area contributed by atoms with E-state index in [2.05, 4.69) is 17.2 Å². The van der Waals surface area contributed by atoms with Gasteiger partial charge in [0.15, 0.2) is 0 Å². The number of carbonyl (C=O) groups excluding carboxylic acids is 1. The zero-order valence-electron chi connectivity index (χ0n) is 10.9. The zero-order valence-corrected chi connectivity index (χ0v) is 10.9. The topological polar surface area (TPSA) is 72.9 Å². The van der Waals surface area contributed by atoms with Crippen LogP contribution in [0.5, 0.6) is 0 Å². The Morgan fingerprint density at radius 3 is 3.11 bits per heavy atom. The van der Waals surface area contributed by atoms with Gasteiger partial charge in [0.2, 0.25) is 0 Å². The fraction of sp³-hybridized carbons (Fsp3) is 0.692. The first-order valence-electron chi connectivity index (χ1n) is 6.70. The lowest BCUT2D eigenvalue weighted by atomic mass is 9.98. The van der Waals surface area contributed by atoms with Crippen molar-refractivity contribution < 1.29 is 4.79 Å². The predicted molar refractivity (Wildman–Crippen MR) is 70.1 cm³/mol. The SMILES string of the molecule is CC1CCCC1CNC(=O)c1cn(CCN)cn1. The quantitative estimate of drug-likeness (QED) is 0.819. The van der Waals surface area contributed by atoms with Crippen LogP contribution in [0, 0.1) is 11.8 Å². The number of amides is 1. The van der Waals surface area contributed by atoms with Gasteiger partial charge in [-0.2, -0.15) is 0 Å². The number of aromatic nitrogens is 2. The van der Waals surface area contributed by atoms with Crippen molar-refractivity contribution in [1.82, 2.24) is 14.9 Å². The largest absolute Gasteiger partial charge is 0.350 e. The molecule has 0 saturated heterocycles. The molecule has 18 heavy (non-hydrogen) atoms. The normalized spacial score (nSPS) is 23.2. The van der Waals surface area contributed by atoms with Gasteiger partial charge in [-0.3, -0.25) is 4.79 Å². The molecule has 1 amide bonds. The van der Waals surface area contributed by atoms with Gasteiger partial charge in [-0.1, -0.05) is 19.8 Å². The lowest BCUT2D eigenvalue weighted by Gasteiger charge is -2.15. The molecule has 1 aromatic rings. The van der Waals surface area contributed by atoms with Gasteiger partial charge in [-0.25, -0.2) is 4.98 Å². The molecule has 100 valence electrons. The smallest absolute Gasteiger partial charge is 0.271 e. The molecule has 1 aromatic heterocycles. The van der Waals surface area contributed by atoms with Gasteiger partial charge in [-0.05, 0) is 18.3 Å². The molecule has 3 N–H and O–H groups in total. The molecule has 2 atom stereocenters. The summed E-state index contributed by atoms with van der Waals surface area (Å²) in [5, 5.41) is 2.98. The molecule has 5 nitrogen and oxygen atoms in total. The molecule has 5 heteroatoms.